The minimum absolute atomic E-state index is 0.0986. The Bertz CT molecular complexity index is 630. The summed E-state index contributed by atoms with van der Waals surface area (Å²) in [5.41, 5.74) is 1.01. The molecule has 0 bridgehead atoms. The SMILES string of the molecule is COc1cccc(CCC(=O)N2CCSCC2S(C)(=O)=O)c1. The number of benzene rings is 1. The monoisotopic (exact) mass is 343 g/mol. The van der Waals surface area contributed by atoms with Gasteiger partial charge in [0.15, 0.2) is 9.84 Å². The molecule has 1 aliphatic heterocycles. The lowest BCUT2D eigenvalue weighted by molar-refractivity contribution is -0.131. The quantitative estimate of drug-likeness (QED) is 0.812. The number of ether oxygens (including phenoxy) is 1. The van der Waals surface area contributed by atoms with Crippen LogP contribution < -0.4 is 4.74 Å². The lowest BCUT2D eigenvalue weighted by Crippen LogP contribution is -2.49. The third kappa shape index (κ3) is 4.39. The molecule has 1 heterocycles. The molecule has 1 amide bonds. The molecule has 0 radical (unpaired) electrons. The number of aryl methyl sites for hydroxylation is 1. The molecule has 122 valence electrons. The molecule has 1 aromatic rings. The number of sulfone groups is 1. The van der Waals surface area contributed by atoms with Crippen molar-refractivity contribution >= 4 is 27.5 Å². The molecule has 7 heteroatoms. The number of hydrogen-bond donors (Lipinski definition) is 0. The van der Waals surface area contributed by atoms with Crippen LogP contribution in [-0.2, 0) is 21.1 Å². The normalized spacial score (nSPS) is 19.0. The molecule has 1 saturated heterocycles. The lowest BCUT2D eigenvalue weighted by Gasteiger charge is -2.34. The predicted octanol–water partition coefficient (Wildman–Crippen LogP) is 1.57. The average Bonchev–Trinajstić information content (AvgIpc) is 2.52. The fourth-order valence-electron chi connectivity index (χ4n) is 2.44. The lowest BCUT2D eigenvalue weighted by atomic mass is 10.1. The van der Waals surface area contributed by atoms with Crippen molar-refractivity contribution in [2.75, 3.05) is 31.4 Å². The van der Waals surface area contributed by atoms with Crippen LogP contribution in [0.4, 0.5) is 0 Å². The Labute approximate surface area is 135 Å². The summed E-state index contributed by atoms with van der Waals surface area (Å²) in [6, 6.07) is 7.58. The van der Waals surface area contributed by atoms with Crippen LogP contribution in [0.2, 0.25) is 0 Å². The van der Waals surface area contributed by atoms with Gasteiger partial charge in [0.1, 0.15) is 11.1 Å². The Morgan fingerprint density at radius 2 is 2.23 bits per heavy atom. The van der Waals surface area contributed by atoms with Gasteiger partial charge in [-0.05, 0) is 24.1 Å². The zero-order valence-corrected chi connectivity index (χ0v) is 14.5. The molecule has 0 saturated carbocycles. The molecule has 1 atom stereocenters. The molecule has 0 aromatic heterocycles. The Morgan fingerprint density at radius 1 is 1.45 bits per heavy atom. The molecule has 1 fully saturated rings. The Kier molecular flexibility index (Phi) is 5.74. The van der Waals surface area contributed by atoms with Crippen molar-refractivity contribution in [2.45, 2.75) is 18.2 Å². The van der Waals surface area contributed by atoms with E-state index in [4.69, 9.17) is 4.74 Å². The summed E-state index contributed by atoms with van der Waals surface area (Å²) in [5.74, 6) is 1.91. The summed E-state index contributed by atoms with van der Waals surface area (Å²) in [4.78, 5) is 13.9. The number of rotatable bonds is 5. The van der Waals surface area contributed by atoms with Gasteiger partial charge in [0.25, 0.3) is 0 Å². The summed E-state index contributed by atoms with van der Waals surface area (Å²) >= 11 is 1.58. The smallest absolute Gasteiger partial charge is 0.224 e. The van der Waals surface area contributed by atoms with E-state index >= 15 is 0 Å². The highest BCUT2D eigenvalue weighted by atomic mass is 32.2. The molecule has 0 N–H and O–H groups in total. The molecule has 1 aromatic carbocycles. The van der Waals surface area contributed by atoms with E-state index in [0.717, 1.165) is 17.1 Å². The fraction of sp³-hybridized carbons (Fsp3) is 0.533. The second kappa shape index (κ2) is 7.37. The Morgan fingerprint density at radius 3 is 2.91 bits per heavy atom. The third-order valence-electron chi connectivity index (χ3n) is 3.66. The van der Waals surface area contributed by atoms with E-state index in [1.54, 1.807) is 18.9 Å². The maximum atomic E-state index is 12.4. The molecule has 2 rings (SSSR count). The van der Waals surface area contributed by atoms with Crippen LogP contribution in [0.3, 0.4) is 0 Å². The Balaban J connectivity index is 2.01. The van der Waals surface area contributed by atoms with Crippen molar-refractivity contribution in [3.05, 3.63) is 29.8 Å². The van der Waals surface area contributed by atoms with Gasteiger partial charge in [0, 0.05) is 30.7 Å². The fourth-order valence-corrected chi connectivity index (χ4v) is 5.28. The van der Waals surface area contributed by atoms with Crippen molar-refractivity contribution in [3.63, 3.8) is 0 Å². The van der Waals surface area contributed by atoms with E-state index in [9.17, 15) is 13.2 Å². The highest BCUT2D eigenvalue weighted by molar-refractivity contribution is 8.00. The first-order valence-electron chi connectivity index (χ1n) is 7.11. The molecular weight excluding hydrogens is 322 g/mol. The first-order chi connectivity index (χ1) is 10.4. The number of hydrogen-bond acceptors (Lipinski definition) is 5. The molecular formula is C15H21NO4S2. The van der Waals surface area contributed by atoms with Crippen LogP contribution in [-0.4, -0.2) is 56.0 Å². The predicted molar refractivity (Wildman–Crippen MR) is 89.0 cm³/mol. The Hall–Kier alpha value is -1.21. The van der Waals surface area contributed by atoms with Gasteiger partial charge in [-0.3, -0.25) is 4.79 Å². The minimum Gasteiger partial charge on any atom is -0.497 e. The van der Waals surface area contributed by atoms with E-state index in [0.29, 0.717) is 25.1 Å². The van der Waals surface area contributed by atoms with Crippen LogP contribution >= 0.6 is 11.8 Å². The maximum Gasteiger partial charge on any atom is 0.224 e. The summed E-state index contributed by atoms with van der Waals surface area (Å²) in [5, 5.41) is -0.691. The number of methoxy groups -OCH3 is 1. The second-order valence-corrected chi connectivity index (χ2v) is 8.65. The molecule has 0 spiro atoms. The highest BCUT2D eigenvalue weighted by Gasteiger charge is 2.33. The van der Waals surface area contributed by atoms with Crippen molar-refractivity contribution in [1.82, 2.24) is 4.90 Å². The first kappa shape index (κ1) is 17.1. The van der Waals surface area contributed by atoms with Gasteiger partial charge in [-0.1, -0.05) is 12.1 Å². The van der Waals surface area contributed by atoms with E-state index in [1.165, 1.54) is 11.2 Å². The highest BCUT2D eigenvalue weighted by Crippen LogP contribution is 2.22. The van der Waals surface area contributed by atoms with E-state index in [2.05, 4.69) is 0 Å². The third-order valence-corrected chi connectivity index (χ3v) is 6.30. The van der Waals surface area contributed by atoms with Crippen LogP contribution in [0.5, 0.6) is 5.75 Å². The standard InChI is InChI=1S/C15H21NO4S2/c1-20-13-5-3-4-12(10-13)6-7-14(17)16-8-9-21-11-15(16)22(2,18)19/h3-5,10,15H,6-9,11H2,1-2H3. The molecule has 0 aliphatic carbocycles. The van der Waals surface area contributed by atoms with E-state index in [1.807, 2.05) is 24.3 Å². The van der Waals surface area contributed by atoms with E-state index < -0.39 is 15.2 Å². The van der Waals surface area contributed by atoms with Gasteiger partial charge >= 0.3 is 0 Å². The van der Waals surface area contributed by atoms with Crippen LogP contribution in [0.1, 0.15) is 12.0 Å². The van der Waals surface area contributed by atoms with Crippen molar-refractivity contribution in [1.29, 1.82) is 0 Å². The van der Waals surface area contributed by atoms with Crippen molar-refractivity contribution in [2.24, 2.45) is 0 Å². The largest absolute Gasteiger partial charge is 0.497 e. The van der Waals surface area contributed by atoms with Gasteiger partial charge in [-0.25, -0.2) is 8.42 Å². The molecule has 5 nitrogen and oxygen atoms in total. The second-order valence-electron chi connectivity index (χ2n) is 5.30. The van der Waals surface area contributed by atoms with Crippen LogP contribution in [0.25, 0.3) is 0 Å². The van der Waals surface area contributed by atoms with Crippen LogP contribution in [0, 0.1) is 0 Å². The van der Waals surface area contributed by atoms with Gasteiger partial charge in [-0.2, -0.15) is 11.8 Å². The summed E-state index contributed by atoms with van der Waals surface area (Å²) < 4.78 is 28.8. The maximum absolute atomic E-state index is 12.4. The summed E-state index contributed by atoms with van der Waals surface area (Å²) in [6.07, 6.45) is 2.09. The minimum atomic E-state index is -3.25. The van der Waals surface area contributed by atoms with Crippen molar-refractivity contribution in [3.8, 4) is 5.75 Å². The molecule has 1 aliphatic rings. The zero-order valence-electron chi connectivity index (χ0n) is 12.8. The zero-order chi connectivity index (χ0) is 16.2. The average molecular weight is 343 g/mol. The number of thioether (sulfide) groups is 1. The number of nitrogens with zero attached hydrogens (tertiary/aromatic N) is 1. The van der Waals surface area contributed by atoms with Crippen LogP contribution in [0.15, 0.2) is 24.3 Å². The molecule has 22 heavy (non-hydrogen) atoms. The van der Waals surface area contributed by atoms with Gasteiger partial charge in [0.2, 0.25) is 5.91 Å². The summed E-state index contributed by atoms with van der Waals surface area (Å²) in [6.45, 7) is 0.499. The number of carbonyl (C=O) groups is 1. The van der Waals surface area contributed by atoms with Gasteiger partial charge in [-0.15, -0.1) is 0 Å². The number of carbonyl (C=O) groups excluding carboxylic acids is 1. The molecule has 1 unspecified atom stereocenters. The summed E-state index contributed by atoms with van der Waals surface area (Å²) in [7, 11) is -1.65. The first-order valence-corrected chi connectivity index (χ1v) is 10.2. The van der Waals surface area contributed by atoms with Crippen molar-refractivity contribution < 1.29 is 17.9 Å². The van der Waals surface area contributed by atoms with Gasteiger partial charge < -0.3 is 9.64 Å². The topological polar surface area (TPSA) is 63.7 Å². The van der Waals surface area contributed by atoms with Gasteiger partial charge in [0.05, 0.1) is 7.11 Å². The van der Waals surface area contributed by atoms with E-state index in [-0.39, 0.29) is 5.91 Å². The number of amides is 1.